The van der Waals surface area contributed by atoms with Gasteiger partial charge in [-0.05, 0) is 45.9 Å². The number of hydrogen-bond acceptors (Lipinski definition) is 6. The molecule has 0 saturated carbocycles. The van der Waals surface area contributed by atoms with E-state index in [1.807, 2.05) is 62.7 Å². The van der Waals surface area contributed by atoms with E-state index in [1.165, 1.54) is 4.68 Å². The van der Waals surface area contributed by atoms with Crippen LogP contribution in [-0.4, -0.2) is 45.2 Å². The number of fused-ring (bicyclic) bond motifs is 1. The molecule has 1 saturated heterocycles. The van der Waals surface area contributed by atoms with Crippen molar-refractivity contribution in [1.29, 1.82) is 0 Å². The topological polar surface area (TPSA) is 96.6 Å². The Hall–Kier alpha value is -3.21. The van der Waals surface area contributed by atoms with Gasteiger partial charge in [0.1, 0.15) is 11.4 Å². The molecule has 9 nitrogen and oxygen atoms in total. The number of rotatable bonds is 4. The zero-order chi connectivity index (χ0) is 24.1. The Morgan fingerprint density at radius 3 is 2.41 bits per heavy atom. The molecule has 0 unspecified atom stereocenters. The lowest BCUT2D eigenvalue weighted by molar-refractivity contribution is 0.00578. The first kappa shape index (κ1) is 22.6. The number of nitrogens with zero attached hydrogens (tertiary/aromatic N) is 3. The molecule has 0 radical (unpaired) electrons. The van der Waals surface area contributed by atoms with Gasteiger partial charge >= 0.3 is 7.12 Å². The smallest absolute Gasteiger partial charge is 0.399 e. The van der Waals surface area contributed by atoms with Gasteiger partial charge in [-0.2, -0.15) is 0 Å². The van der Waals surface area contributed by atoms with Crippen LogP contribution in [0, 0.1) is 0 Å². The minimum absolute atomic E-state index is 0.0559. The van der Waals surface area contributed by atoms with Crippen molar-refractivity contribution < 1.29 is 18.8 Å². The first-order chi connectivity index (χ1) is 16.2. The highest BCUT2D eigenvalue weighted by molar-refractivity contribution is 6.62. The van der Waals surface area contributed by atoms with Crippen LogP contribution in [0.2, 0.25) is 0 Å². The average molecular weight is 462 g/mol. The predicted molar refractivity (Wildman–Crippen MR) is 128 cm³/mol. The number of nitrogens with one attached hydrogen (secondary N) is 1. The van der Waals surface area contributed by atoms with Crippen LogP contribution in [0.25, 0.3) is 5.69 Å². The van der Waals surface area contributed by atoms with Gasteiger partial charge in [-0.25, -0.2) is 9.67 Å². The van der Waals surface area contributed by atoms with Gasteiger partial charge in [-0.15, -0.1) is 0 Å². The van der Waals surface area contributed by atoms with E-state index in [1.54, 1.807) is 18.3 Å². The third-order valence-electron chi connectivity index (χ3n) is 6.72. The summed E-state index contributed by atoms with van der Waals surface area (Å²) in [6.45, 7) is 9.08. The molecule has 3 aromatic rings. The Bertz CT molecular complexity index is 1270. The van der Waals surface area contributed by atoms with Crippen molar-refractivity contribution in [1.82, 2.24) is 14.3 Å². The summed E-state index contributed by atoms with van der Waals surface area (Å²) >= 11 is 0. The number of ether oxygens (including phenoxy) is 1. The zero-order valence-corrected chi connectivity index (χ0v) is 19.7. The number of carbonyl (C=O) groups is 1. The largest absolute Gasteiger partial charge is 0.496 e. The van der Waals surface area contributed by atoms with Crippen molar-refractivity contribution in [3.8, 4) is 5.69 Å². The number of benzene rings is 1. The van der Waals surface area contributed by atoms with Crippen LogP contribution in [0.1, 0.15) is 43.7 Å². The monoisotopic (exact) mass is 462 g/mol. The molecule has 2 aliphatic rings. The summed E-state index contributed by atoms with van der Waals surface area (Å²) in [5, 5.41) is 2.75. The quantitative estimate of drug-likeness (QED) is 0.597. The second-order valence-electron chi connectivity index (χ2n) is 9.47. The molecule has 2 aliphatic heterocycles. The molecule has 0 atom stereocenters. The van der Waals surface area contributed by atoms with Gasteiger partial charge in [0.15, 0.2) is 0 Å². The van der Waals surface area contributed by atoms with Gasteiger partial charge in [0.25, 0.3) is 11.5 Å². The second-order valence-corrected chi connectivity index (χ2v) is 9.47. The molecule has 1 N–H and O–H groups in total. The number of aromatic nitrogens is 3. The summed E-state index contributed by atoms with van der Waals surface area (Å²) < 4.78 is 21.0. The summed E-state index contributed by atoms with van der Waals surface area (Å²) in [6.07, 6.45) is 1.61. The minimum Gasteiger partial charge on any atom is -0.399 e. The maximum Gasteiger partial charge on any atom is 0.496 e. The SMILES string of the molecule is CC1(C)OB(c2ccc(NC(=O)c3c4n(n(-c5ccccc5)c3=O)CCOC4)nc2)OC1(C)C. The van der Waals surface area contributed by atoms with Crippen molar-refractivity contribution in [3.63, 3.8) is 0 Å². The second kappa shape index (κ2) is 8.23. The van der Waals surface area contributed by atoms with Crippen LogP contribution in [-0.2, 0) is 27.2 Å². The number of pyridine rings is 1. The summed E-state index contributed by atoms with van der Waals surface area (Å²) in [7, 11) is -0.545. The van der Waals surface area contributed by atoms with E-state index in [0.717, 1.165) is 5.46 Å². The highest BCUT2D eigenvalue weighted by Crippen LogP contribution is 2.36. The summed E-state index contributed by atoms with van der Waals surface area (Å²) in [5.41, 5.74) is 0.738. The maximum absolute atomic E-state index is 13.3. The molecule has 1 fully saturated rings. The number of para-hydroxylation sites is 1. The number of anilines is 1. The molecule has 1 amide bonds. The van der Waals surface area contributed by atoms with Crippen LogP contribution >= 0.6 is 0 Å². The van der Waals surface area contributed by atoms with E-state index in [4.69, 9.17) is 14.0 Å². The van der Waals surface area contributed by atoms with E-state index in [2.05, 4.69) is 10.3 Å². The first-order valence-corrected chi connectivity index (χ1v) is 11.3. The van der Waals surface area contributed by atoms with Gasteiger partial charge in [0.05, 0.1) is 42.3 Å². The zero-order valence-electron chi connectivity index (χ0n) is 19.7. The molecule has 0 bridgehead atoms. The molecule has 0 spiro atoms. The summed E-state index contributed by atoms with van der Waals surface area (Å²) in [5.74, 6) is -0.197. The molecule has 176 valence electrons. The molecular formula is C24H27BN4O5. The molecular weight excluding hydrogens is 435 g/mol. The first-order valence-electron chi connectivity index (χ1n) is 11.3. The Morgan fingerprint density at radius 1 is 1.06 bits per heavy atom. The van der Waals surface area contributed by atoms with Crippen molar-refractivity contribution >= 4 is 24.3 Å². The van der Waals surface area contributed by atoms with Crippen molar-refractivity contribution in [3.05, 3.63) is 70.3 Å². The van der Waals surface area contributed by atoms with Crippen LogP contribution < -0.4 is 16.3 Å². The fourth-order valence-electron chi connectivity index (χ4n) is 4.12. The van der Waals surface area contributed by atoms with E-state index < -0.39 is 29.8 Å². The molecule has 2 aromatic heterocycles. The Labute approximate surface area is 197 Å². The van der Waals surface area contributed by atoms with E-state index >= 15 is 0 Å². The highest BCUT2D eigenvalue weighted by atomic mass is 16.7. The third kappa shape index (κ3) is 3.77. The van der Waals surface area contributed by atoms with Crippen molar-refractivity contribution in [2.75, 3.05) is 11.9 Å². The average Bonchev–Trinajstić information content (AvgIpc) is 3.22. The molecule has 4 heterocycles. The van der Waals surface area contributed by atoms with Gasteiger partial charge in [0.2, 0.25) is 0 Å². The predicted octanol–water partition coefficient (Wildman–Crippen LogP) is 2.12. The molecule has 5 rings (SSSR count). The lowest BCUT2D eigenvalue weighted by Gasteiger charge is -2.32. The molecule has 10 heteroatoms. The van der Waals surface area contributed by atoms with E-state index in [0.29, 0.717) is 30.4 Å². The number of carbonyl (C=O) groups excluding carboxylic acids is 1. The lowest BCUT2D eigenvalue weighted by atomic mass is 9.80. The van der Waals surface area contributed by atoms with Crippen LogP contribution in [0.5, 0.6) is 0 Å². The van der Waals surface area contributed by atoms with Crippen LogP contribution in [0.4, 0.5) is 5.82 Å². The molecule has 1 aromatic carbocycles. The Balaban J connectivity index is 1.40. The van der Waals surface area contributed by atoms with E-state index in [-0.39, 0.29) is 12.2 Å². The van der Waals surface area contributed by atoms with Crippen molar-refractivity contribution in [2.24, 2.45) is 0 Å². The van der Waals surface area contributed by atoms with Crippen molar-refractivity contribution in [2.45, 2.75) is 52.0 Å². The van der Waals surface area contributed by atoms with Gasteiger partial charge in [-0.1, -0.05) is 24.3 Å². The third-order valence-corrected chi connectivity index (χ3v) is 6.72. The van der Waals surface area contributed by atoms with Crippen LogP contribution in [0.15, 0.2) is 53.5 Å². The number of hydrogen-bond donors (Lipinski definition) is 1. The molecule has 0 aliphatic carbocycles. The van der Waals surface area contributed by atoms with Gasteiger partial charge < -0.3 is 19.4 Å². The minimum atomic E-state index is -0.545. The number of amides is 1. The fraction of sp³-hybridized carbons (Fsp3) is 0.375. The van der Waals surface area contributed by atoms with Gasteiger partial charge in [-0.3, -0.25) is 14.3 Å². The Morgan fingerprint density at radius 2 is 1.76 bits per heavy atom. The van der Waals surface area contributed by atoms with Crippen LogP contribution in [0.3, 0.4) is 0 Å². The van der Waals surface area contributed by atoms with Gasteiger partial charge in [0, 0.05) is 11.7 Å². The summed E-state index contributed by atoms with van der Waals surface area (Å²) in [4.78, 5) is 30.8. The standard InChI is InChI=1S/C24H27BN4O5/c1-23(2)24(3,4)34-25(33-23)16-10-11-19(26-14-16)27-21(30)20-18-15-32-13-12-28(18)29(22(20)31)17-8-6-5-7-9-17/h5-11,14H,12-13,15H2,1-4H3,(H,26,27,30). The summed E-state index contributed by atoms with van der Waals surface area (Å²) in [6, 6.07) is 12.7. The molecule has 34 heavy (non-hydrogen) atoms. The lowest BCUT2D eigenvalue weighted by Crippen LogP contribution is -2.41. The Kier molecular flexibility index (Phi) is 5.46. The normalized spacial score (nSPS) is 18.5. The van der Waals surface area contributed by atoms with E-state index in [9.17, 15) is 9.59 Å². The fourth-order valence-corrected chi connectivity index (χ4v) is 4.12. The highest BCUT2D eigenvalue weighted by Gasteiger charge is 2.51. The maximum atomic E-state index is 13.3.